The first-order valence-corrected chi connectivity index (χ1v) is 9.59. The molecule has 3 aromatic rings. The zero-order valence-corrected chi connectivity index (χ0v) is 17.5. The Hall–Kier alpha value is -3.69. The molecule has 0 aliphatic rings. The minimum absolute atomic E-state index is 0.0194. The van der Waals surface area contributed by atoms with Crippen LogP contribution in [-0.4, -0.2) is 29.5 Å². The maximum Gasteiger partial charge on any atom is 0.416 e. The normalized spacial score (nSPS) is 11.5. The summed E-state index contributed by atoms with van der Waals surface area (Å²) in [4.78, 5) is 24.8. The molecular formula is C23H18F5NO4. The first kappa shape index (κ1) is 24.0. The van der Waals surface area contributed by atoms with Crippen LogP contribution in [0.5, 0.6) is 5.75 Å². The zero-order chi connectivity index (χ0) is 24.3. The number of alkyl halides is 5. The standard InChI is InChI=1S/C23H18F5NO4/c1-13-10-19(14(2)29(13)17-6-8-18(9-7-17)33-22(24)25)20(30)12-32-21(31)15-4-3-5-16(11-15)23(26,27)28/h3-11,22H,12H2,1-2H3. The second kappa shape index (κ2) is 9.43. The van der Waals surface area contributed by atoms with Crippen LogP contribution in [0.15, 0.2) is 54.6 Å². The fourth-order valence-corrected chi connectivity index (χ4v) is 3.33. The van der Waals surface area contributed by atoms with Crippen molar-refractivity contribution in [2.45, 2.75) is 26.6 Å². The highest BCUT2D eigenvalue weighted by atomic mass is 19.4. The van der Waals surface area contributed by atoms with Gasteiger partial charge in [-0.2, -0.15) is 22.0 Å². The van der Waals surface area contributed by atoms with Gasteiger partial charge in [0.2, 0.25) is 5.78 Å². The molecule has 2 aromatic carbocycles. The molecule has 0 fully saturated rings. The number of halogens is 5. The molecule has 0 saturated carbocycles. The third kappa shape index (κ3) is 5.57. The Morgan fingerprint density at radius 1 is 1.00 bits per heavy atom. The van der Waals surface area contributed by atoms with Crippen molar-refractivity contribution in [2.75, 3.05) is 6.61 Å². The Kier molecular flexibility index (Phi) is 6.85. The molecule has 0 atom stereocenters. The second-order valence-electron chi connectivity index (χ2n) is 7.07. The average Bonchev–Trinajstić information content (AvgIpc) is 3.05. The summed E-state index contributed by atoms with van der Waals surface area (Å²) in [5, 5.41) is 0. The highest BCUT2D eigenvalue weighted by Crippen LogP contribution is 2.30. The van der Waals surface area contributed by atoms with Gasteiger partial charge in [0.1, 0.15) is 5.75 Å². The van der Waals surface area contributed by atoms with E-state index < -0.39 is 36.7 Å². The van der Waals surface area contributed by atoms with Gasteiger partial charge in [0.15, 0.2) is 6.61 Å². The minimum atomic E-state index is -4.62. The molecule has 10 heteroatoms. The summed E-state index contributed by atoms with van der Waals surface area (Å²) in [5.41, 5.74) is 0.674. The van der Waals surface area contributed by atoms with E-state index in [1.165, 1.54) is 12.1 Å². The molecule has 174 valence electrons. The van der Waals surface area contributed by atoms with E-state index in [1.54, 1.807) is 36.6 Å². The SMILES string of the molecule is Cc1cc(C(=O)COC(=O)c2cccc(C(F)(F)F)c2)c(C)n1-c1ccc(OC(F)F)cc1. The van der Waals surface area contributed by atoms with Crippen molar-refractivity contribution in [3.63, 3.8) is 0 Å². The topological polar surface area (TPSA) is 57.5 Å². The van der Waals surface area contributed by atoms with Crippen LogP contribution >= 0.6 is 0 Å². The van der Waals surface area contributed by atoms with Crippen molar-refractivity contribution in [3.05, 3.63) is 82.7 Å². The van der Waals surface area contributed by atoms with Crippen molar-refractivity contribution < 1.29 is 41.0 Å². The van der Waals surface area contributed by atoms with E-state index in [4.69, 9.17) is 4.74 Å². The summed E-state index contributed by atoms with van der Waals surface area (Å²) >= 11 is 0. The number of ketones is 1. The zero-order valence-electron chi connectivity index (χ0n) is 17.5. The van der Waals surface area contributed by atoms with Gasteiger partial charge >= 0.3 is 18.8 Å². The van der Waals surface area contributed by atoms with Crippen LogP contribution in [0.25, 0.3) is 5.69 Å². The third-order valence-corrected chi connectivity index (χ3v) is 4.81. The second-order valence-corrected chi connectivity index (χ2v) is 7.07. The van der Waals surface area contributed by atoms with E-state index in [0.29, 0.717) is 23.1 Å². The summed E-state index contributed by atoms with van der Waals surface area (Å²) in [6.07, 6.45) is -4.62. The molecule has 0 unspecified atom stereocenters. The van der Waals surface area contributed by atoms with Crippen molar-refractivity contribution in [1.82, 2.24) is 4.57 Å². The summed E-state index contributed by atoms with van der Waals surface area (Å²) < 4.78 is 74.0. The Labute approximate surface area is 185 Å². The number of rotatable bonds is 7. The lowest BCUT2D eigenvalue weighted by atomic mass is 10.1. The minimum Gasteiger partial charge on any atom is -0.454 e. The van der Waals surface area contributed by atoms with E-state index in [0.717, 1.165) is 18.2 Å². The van der Waals surface area contributed by atoms with Gasteiger partial charge in [0, 0.05) is 22.6 Å². The Bertz CT molecular complexity index is 1170. The van der Waals surface area contributed by atoms with Crippen molar-refractivity contribution >= 4 is 11.8 Å². The van der Waals surface area contributed by atoms with Crippen LogP contribution < -0.4 is 4.74 Å². The van der Waals surface area contributed by atoms with E-state index in [-0.39, 0.29) is 16.9 Å². The Morgan fingerprint density at radius 3 is 2.27 bits per heavy atom. The fraction of sp³-hybridized carbons (Fsp3) is 0.217. The van der Waals surface area contributed by atoms with Gasteiger partial charge in [-0.1, -0.05) is 6.07 Å². The Morgan fingerprint density at radius 2 is 1.67 bits per heavy atom. The molecule has 33 heavy (non-hydrogen) atoms. The predicted molar refractivity (Wildman–Crippen MR) is 108 cm³/mol. The number of Topliss-reactive ketones (excluding diaryl/α,β-unsaturated/α-hetero) is 1. The molecule has 1 heterocycles. The number of carbonyl (C=O) groups is 2. The first-order valence-electron chi connectivity index (χ1n) is 9.59. The van der Waals surface area contributed by atoms with Gasteiger partial charge in [-0.05, 0) is 62.4 Å². The number of benzene rings is 2. The van der Waals surface area contributed by atoms with E-state index in [1.807, 2.05) is 0 Å². The summed E-state index contributed by atoms with van der Waals surface area (Å²) in [6, 6.07) is 11.1. The van der Waals surface area contributed by atoms with Gasteiger partial charge in [-0.3, -0.25) is 4.79 Å². The number of aromatic nitrogens is 1. The van der Waals surface area contributed by atoms with Gasteiger partial charge in [-0.25, -0.2) is 4.79 Å². The summed E-state index contributed by atoms with van der Waals surface area (Å²) in [7, 11) is 0. The lowest BCUT2D eigenvalue weighted by Crippen LogP contribution is -2.16. The lowest BCUT2D eigenvalue weighted by Gasteiger charge is -2.11. The number of esters is 1. The molecule has 5 nitrogen and oxygen atoms in total. The van der Waals surface area contributed by atoms with Crippen LogP contribution in [-0.2, 0) is 10.9 Å². The summed E-state index contributed by atoms with van der Waals surface area (Å²) in [5.74, 6) is -1.63. The van der Waals surface area contributed by atoms with Crippen LogP contribution in [0.4, 0.5) is 22.0 Å². The van der Waals surface area contributed by atoms with E-state index in [2.05, 4.69) is 4.74 Å². The quantitative estimate of drug-likeness (QED) is 0.252. The van der Waals surface area contributed by atoms with Crippen LogP contribution in [0.1, 0.15) is 37.7 Å². The summed E-state index contributed by atoms with van der Waals surface area (Å²) in [6.45, 7) is -0.241. The smallest absolute Gasteiger partial charge is 0.416 e. The van der Waals surface area contributed by atoms with Gasteiger partial charge in [-0.15, -0.1) is 0 Å². The Balaban J connectivity index is 1.73. The molecule has 0 radical (unpaired) electrons. The highest BCUT2D eigenvalue weighted by Gasteiger charge is 2.31. The molecule has 0 bridgehead atoms. The number of carbonyl (C=O) groups excluding carboxylic acids is 2. The predicted octanol–water partition coefficient (Wildman–Crippen LogP) is 5.75. The van der Waals surface area contributed by atoms with Crippen LogP contribution in [0.2, 0.25) is 0 Å². The maximum absolute atomic E-state index is 12.8. The average molecular weight is 467 g/mol. The van der Waals surface area contributed by atoms with Gasteiger partial charge in [0.05, 0.1) is 11.1 Å². The first-order chi connectivity index (χ1) is 15.5. The molecule has 0 saturated heterocycles. The van der Waals surface area contributed by atoms with E-state index >= 15 is 0 Å². The molecule has 0 amide bonds. The molecule has 0 aliphatic heterocycles. The van der Waals surface area contributed by atoms with Crippen LogP contribution in [0.3, 0.4) is 0 Å². The molecule has 0 N–H and O–H groups in total. The fourth-order valence-electron chi connectivity index (χ4n) is 3.33. The number of ether oxygens (including phenoxy) is 2. The maximum atomic E-state index is 12.8. The highest BCUT2D eigenvalue weighted by molar-refractivity contribution is 6.00. The molecule has 0 aliphatic carbocycles. The third-order valence-electron chi connectivity index (χ3n) is 4.81. The largest absolute Gasteiger partial charge is 0.454 e. The number of hydrogen-bond donors (Lipinski definition) is 0. The van der Waals surface area contributed by atoms with Crippen molar-refractivity contribution in [3.8, 4) is 11.4 Å². The van der Waals surface area contributed by atoms with E-state index in [9.17, 15) is 31.5 Å². The molecule has 3 rings (SSSR count). The number of hydrogen-bond acceptors (Lipinski definition) is 4. The van der Waals surface area contributed by atoms with Gasteiger partial charge in [0.25, 0.3) is 0 Å². The van der Waals surface area contributed by atoms with Crippen molar-refractivity contribution in [2.24, 2.45) is 0 Å². The monoisotopic (exact) mass is 467 g/mol. The molecule has 1 aromatic heterocycles. The lowest BCUT2D eigenvalue weighted by molar-refractivity contribution is -0.137. The number of nitrogens with zero attached hydrogens (tertiary/aromatic N) is 1. The van der Waals surface area contributed by atoms with Crippen LogP contribution in [0, 0.1) is 13.8 Å². The molecular weight excluding hydrogens is 449 g/mol. The van der Waals surface area contributed by atoms with Crippen molar-refractivity contribution in [1.29, 1.82) is 0 Å². The molecule has 0 spiro atoms. The number of aryl methyl sites for hydroxylation is 1. The van der Waals surface area contributed by atoms with Gasteiger partial charge < -0.3 is 14.0 Å².